The van der Waals surface area contributed by atoms with Gasteiger partial charge in [0.25, 0.3) is 0 Å². The standard InChI is InChI=1S/C18H18FNO2S/c19-14-5-7-15(8-6-14)23-11-17(21)20-12-18(22)10-9-13-3-1-2-4-16(13)18/h1-8,22H,9-12H2,(H,20,21)/t18-/m1/s1. The molecule has 1 aliphatic carbocycles. The summed E-state index contributed by atoms with van der Waals surface area (Å²) >= 11 is 1.34. The molecule has 0 bridgehead atoms. The number of amides is 1. The number of fused-ring (bicyclic) bond motifs is 1. The molecule has 23 heavy (non-hydrogen) atoms. The molecule has 0 radical (unpaired) electrons. The number of rotatable bonds is 5. The van der Waals surface area contributed by atoms with E-state index in [1.807, 2.05) is 24.3 Å². The van der Waals surface area contributed by atoms with Crippen LogP contribution in [0.5, 0.6) is 0 Å². The number of carbonyl (C=O) groups excluding carboxylic acids is 1. The Morgan fingerprint density at radius 3 is 2.74 bits per heavy atom. The van der Waals surface area contributed by atoms with E-state index in [9.17, 15) is 14.3 Å². The van der Waals surface area contributed by atoms with Crippen molar-refractivity contribution in [2.45, 2.75) is 23.3 Å². The monoisotopic (exact) mass is 331 g/mol. The molecule has 3 rings (SSSR count). The first-order valence-corrected chi connectivity index (χ1v) is 8.51. The Balaban J connectivity index is 1.52. The maximum absolute atomic E-state index is 12.8. The second kappa shape index (κ2) is 6.72. The molecule has 1 aliphatic rings. The predicted octanol–water partition coefficient (Wildman–Crippen LogP) is 2.87. The van der Waals surface area contributed by atoms with Gasteiger partial charge >= 0.3 is 0 Å². The van der Waals surface area contributed by atoms with Crippen molar-refractivity contribution >= 4 is 17.7 Å². The Hall–Kier alpha value is -1.85. The van der Waals surface area contributed by atoms with Crippen molar-refractivity contribution in [1.29, 1.82) is 0 Å². The first-order valence-electron chi connectivity index (χ1n) is 7.53. The summed E-state index contributed by atoms with van der Waals surface area (Å²) in [6.07, 6.45) is 1.45. The van der Waals surface area contributed by atoms with Crippen LogP contribution < -0.4 is 5.32 Å². The number of nitrogens with one attached hydrogen (secondary N) is 1. The summed E-state index contributed by atoms with van der Waals surface area (Å²) in [5.41, 5.74) is 1.07. The van der Waals surface area contributed by atoms with Crippen molar-refractivity contribution in [3.05, 3.63) is 65.5 Å². The highest BCUT2D eigenvalue weighted by Gasteiger charge is 2.36. The first kappa shape index (κ1) is 16.0. The molecule has 1 atom stereocenters. The van der Waals surface area contributed by atoms with Crippen LogP contribution in [-0.2, 0) is 16.8 Å². The van der Waals surface area contributed by atoms with Crippen LogP contribution in [0.3, 0.4) is 0 Å². The lowest BCUT2D eigenvalue weighted by molar-refractivity contribution is -0.119. The van der Waals surface area contributed by atoms with Crippen molar-refractivity contribution in [2.24, 2.45) is 0 Å². The van der Waals surface area contributed by atoms with Gasteiger partial charge in [0.1, 0.15) is 11.4 Å². The number of aliphatic hydroxyl groups is 1. The molecule has 2 aromatic carbocycles. The second-order valence-electron chi connectivity index (χ2n) is 5.71. The molecule has 5 heteroatoms. The highest BCUT2D eigenvalue weighted by Crippen LogP contribution is 2.36. The topological polar surface area (TPSA) is 49.3 Å². The van der Waals surface area contributed by atoms with Gasteiger partial charge in [-0.05, 0) is 48.2 Å². The fourth-order valence-electron chi connectivity index (χ4n) is 2.83. The SMILES string of the molecule is O=C(CSc1ccc(F)cc1)NC[C@]1(O)CCc2ccccc21. The third-order valence-electron chi connectivity index (χ3n) is 4.09. The fourth-order valence-corrected chi connectivity index (χ4v) is 3.56. The van der Waals surface area contributed by atoms with Crippen LogP contribution in [0.25, 0.3) is 0 Å². The lowest BCUT2D eigenvalue weighted by Crippen LogP contribution is -2.40. The van der Waals surface area contributed by atoms with Crippen LogP contribution in [0, 0.1) is 5.82 Å². The van der Waals surface area contributed by atoms with Gasteiger partial charge in [0, 0.05) is 4.90 Å². The van der Waals surface area contributed by atoms with E-state index in [0.717, 1.165) is 22.4 Å². The third kappa shape index (κ3) is 3.74. The van der Waals surface area contributed by atoms with E-state index in [1.54, 1.807) is 12.1 Å². The molecule has 2 aromatic rings. The van der Waals surface area contributed by atoms with Gasteiger partial charge in [-0.3, -0.25) is 4.79 Å². The zero-order valence-corrected chi connectivity index (χ0v) is 13.4. The fraction of sp³-hybridized carbons (Fsp3) is 0.278. The average molecular weight is 331 g/mol. The maximum Gasteiger partial charge on any atom is 0.230 e. The Morgan fingerprint density at radius 2 is 1.96 bits per heavy atom. The van der Waals surface area contributed by atoms with E-state index >= 15 is 0 Å². The van der Waals surface area contributed by atoms with Crippen LogP contribution in [0.15, 0.2) is 53.4 Å². The smallest absolute Gasteiger partial charge is 0.230 e. The molecule has 0 saturated heterocycles. The third-order valence-corrected chi connectivity index (χ3v) is 5.10. The van der Waals surface area contributed by atoms with Crippen molar-refractivity contribution in [2.75, 3.05) is 12.3 Å². The van der Waals surface area contributed by atoms with Crippen LogP contribution in [0.1, 0.15) is 17.5 Å². The summed E-state index contributed by atoms with van der Waals surface area (Å²) in [4.78, 5) is 12.8. The van der Waals surface area contributed by atoms with Gasteiger partial charge in [-0.2, -0.15) is 0 Å². The van der Waals surface area contributed by atoms with Crippen LogP contribution in [0.4, 0.5) is 4.39 Å². The Labute approximate surface area is 138 Å². The summed E-state index contributed by atoms with van der Waals surface area (Å²) < 4.78 is 12.8. The number of halogens is 1. The number of benzene rings is 2. The van der Waals surface area contributed by atoms with E-state index in [4.69, 9.17) is 0 Å². The van der Waals surface area contributed by atoms with Gasteiger partial charge < -0.3 is 10.4 Å². The van der Waals surface area contributed by atoms with Crippen molar-refractivity contribution in [3.63, 3.8) is 0 Å². The number of thioether (sulfide) groups is 1. The highest BCUT2D eigenvalue weighted by molar-refractivity contribution is 8.00. The molecule has 2 N–H and O–H groups in total. The zero-order chi connectivity index (χ0) is 16.3. The number of aryl methyl sites for hydroxylation is 1. The summed E-state index contributed by atoms with van der Waals surface area (Å²) in [5.74, 6) is -0.193. The molecule has 3 nitrogen and oxygen atoms in total. The first-order chi connectivity index (χ1) is 11.1. The van der Waals surface area contributed by atoms with E-state index in [1.165, 1.54) is 23.9 Å². The molecule has 0 aromatic heterocycles. The molecule has 1 amide bonds. The summed E-state index contributed by atoms with van der Waals surface area (Å²) in [6, 6.07) is 13.8. The summed E-state index contributed by atoms with van der Waals surface area (Å²) in [6.45, 7) is 0.215. The summed E-state index contributed by atoms with van der Waals surface area (Å²) in [5, 5.41) is 13.5. The van der Waals surface area contributed by atoms with Crippen LogP contribution in [0.2, 0.25) is 0 Å². The number of hydrogen-bond acceptors (Lipinski definition) is 3. The summed E-state index contributed by atoms with van der Waals surface area (Å²) in [7, 11) is 0. The van der Waals surface area contributed by atoms with E-state index in [-0.39, 0.29) is 24.0 Å². The minimum atomic E-state index is -0.979. The molecule has 0 saturated carbocycles. The predicted molar refractivity (Wildman–Crippen MR) is 88.8 cm³/mol. The molecule has 0 fully saturated rings. The molecule has 120 valence electrons. The Bertz CT molecular complexity index is 704. The lowest BCUT2D eigenvalue weighted by Gasteiger charge is -2.24. The van der Waals surface area contributed by atoms with Gasteiger partial charge in [0.05, 0.1) is 12.3 Å². The molecule has 0 heterocycles. The number of carbonyl (C=O) groups is 1. The quantitative estimate of drug-likeness (QED) is 0.828. The van der Waals surface area contributed by atoms with Gasteiger partial charge in [0.2, 0.25) is 5.91 Å². The largest absolute Gasteiger partial charge is 0.383 e. The van der Waals surface area contributed by atoms with Crippen molar-refractivity contribution in [1.82, 2.24) is 5.32 Å². The maximum atomic E-state index is 12.8. The van der Waals surface area contributed by atoms with E-state index < -0.39 is 5.60 Å². The minimum absolute atomic E-state index is 0.142. The van der Waals surface area contributed by atoms with Gasteiger partial charge in [-0.25, -0.2) is 4.39 Å². The van der Waals surface area contributed by atoms with Crippen molar-refractivity contribution < 1.29 is 14.3 Å². The van der Waals surface area contributed by atoms with Crippen LogP contribution in [-0.4, -0.2) is 23.3 Å². The molecular weight excluding hydrogens is 313 g/mol. The zero-order valence-electron chi connectivity index (χ0n) is 12.6. The molecule has 0 unspecified atom stereocenters. The van der Waals surface area contributed by atoms with Gasteiger partial charge in [-0.15, -0.1) is 11.8 Å². The second-order valence-corrected chi connectivity index (χ2v) is 6.76. The van der Waals surface area contributed by atoms with Crippen molar-refractivity contribution in [3.8, 4) is 0 Å². The highest BCUT2D eigenvalue weighted by atomic mass is 32.2. The Morgan fingerprint density at radius 1 is 1.22 bits per heavy atom. The van der Waals surface area contributed by atoms with E-state index in [2.05, 4.69) is 5.32 Å². The average Bonchev–Trinajstić information content (AvgIpc) is 2.91. The molecule has 0 spiro atoms. The lowest BCUT2D eigenvalue weighted by atomic mass is 9.96. The van der Waals surface area contributed by atoms with Crippen LogP contribution >= 0.6 is 11.8 Å². The minimum Gasteiger partial charge on any atom is -0.383 e. The van der Waals surface area contributed by atoms with Gasteiger partial charge in [0.15, 0.2) is 0 Å². The Kier molecular flexibility index (Phi) is 4.68. The molecular formula is C18H18FNO2S. The van der Waals surface area contributed by atoms with E-state index in [0.29, 0.717) is 6.42 Å². The molecule has 0 aliphatic heterocycles. The normalized spacial score (nSPS) is 19.4. The van der Waals surface area contributed by atoms with Gasteiger partial charge in [-0.1, -0.05) is 24.3 Å². The number of hydrogen-bond donors (Lipinski definition) is 2.